The maximum Gasteiger partial charge on any atom is 0.223 e. The fourth-order valence-electron chi connectivity index (χ4n) is 3.11. The summed E-state index contributed by atoms with van der Waals surface area (Å²) in [5.41, 5.74) is 0. The van der Waals surface area contributed by atoms with Crippen molar-refractivity contribution in [2.45, 2.75) is 44.9 Å². The lowest BCUT2D eigenvalue weighted by Gasteiger charge is -2.32. The molecule has 0 radical (unpaired) electrons. The van der Waals surface area contributed by atoms with E-state index in [2.05, 4.69) is 22.3 Å². The van der Waals surface area contributed by atoms with Crippen LogP contribution in [0.2, 0.25) is 0 Å². The molecule has 1 fully saturated rings. The normalized spacial score (nSPS) is 26.1. The molecule has 2 atom stereocenters. The Hall–Kier alpha value is -1.65. The van der Waals surface area contributed by atoms with Gasteiger partial charge in [0.1, 0.15) is 0 Å². The Morgan fingerprint density at radius 3 is 3.10 bits per heavy atom. The van der Waals surface area contributed by atoms with E-state index in [-0.39, 0.29) is 11.8 Å². The van der Waals surface area contributed by atoms with Gasteiger partial charge in [-0.25, -0.2) is 0 Å². The van der Waals surface area contributed by atoms with Crippen LogP contribution in [0.25, 0.3) is 0 Å². The van der Waals surface area contributed by atoms with Crippen molar-refractivity contribution < 1.29 is 9.32 Å². The lowest BCUT2D eigenvalue weighted by atomic mass is 9.96. The summed E-state index contributed by atoms with van der Waals surface area (Å²) >= 11 is 0. The largest absolute Gasteiger partial charge is 0.342 e. The van der Waals surface area contributed by atoms with Crippen LogP contribution in [0.1, 0.15) is 49.7 Å². The minimum atomic E-state index is 0.226. The Morgan fingerprint density at radius 2 is 2.40 bits per heavy atom. The minimum absolute atomic E-state index is 0.226. The number of amides is 1. The fourth-order valence-corrected chi connectivity index (χ4v) is 3.11. The molecule has 3 rings (SSSR count). The SMILES string of the molecule is Cc1nc([C@H]2CCCN(C(=O)C[C@H]3C=CCC3)C2)no1. The number of aromatic nitrogens is 2. The first-order valence-corrected chi connectivity index (χ1v) is 7.47. The molecule has 2 aliphatic rings. The third-order valence-electron chi connectivity index (χ3n) is 4.23. The molecule has 0 bridgehead atoms. The predicted octanol–water partition coefficient (Wildman–Crippen LogP) is 2.44. The summed E-state index contributed by atoms with van der Waals surface area (Å²) < 4.78 is 5.05. The van der Waals surface area contributed by atoms with Crippen molar-refractivity contribution in [3.8, 4) is 0 Å². The topological polar surface area (TPSA) is 59.2 Å². The van der Waals surface area contributed by atoms with Gasteiger partial charge in [-0.1, -0.05) is 17.3 Å². The van der Waals surface area contributed by atoms with Gasteiger partial charge in [0.05, 0.1) is 0 Å². The standard InChI is InChI=1S/C15H21N3O2/c1-11-16-15(17-20-11)13-7-4-8-18(10-13)14(19)9-12-5-2-3-6-12/h2,5,12-13H,3-4,6-10H2,1H3/t12-,13-/m0/s1. The van der Waals surface area contributed by atoms with E-state index in [4.69, 9.17) is 4.52 Å². The number of piperidine rings is 1. The molecule has 1 saturated heterocycles. The number of nitrogens with zero attached hydrogens (tertiary/aromatic N) is 3. The molecule has 0 aromatic carbocycles. The molecule has 1 aromatic rings. The van der Waals surface area contributed by atoms with E-state index >= 15 is 0 Å². The number of aryl methyl sites for hydroxylation is 1. The van der Waals surface area contributed by atoms with E-state index in [0.29, 0.717) is 18.2 Å². The van der Waals surface area contributed by atoms with E-state index in [9.17, 15) is 4.79 Å². The van der Waals surface area contributed by atoms with Crippen LogP contribution < -0.4 is 0 Å². The van der Waals surface area contributed by atoms with Crippen LogP contribution in [-0.2, 0) is 4.79 Å². The Balaban J connectivity index is 1.59. The van der Waals surface area contributed by atoms with E-state index in [1.54, 1.807) is 6.92 Å². The zero-order valence-corrected chi connectivity index (χ0v) is 11.9. The van der Waals surface area contributed by atoms with E-state index in [0.717, 1.165) is 44.6 Å². The zero-order valence-electron chi connectivity index (χ0n) is 11.9. The number of hydrogen-bond donors (Lipinski definition) is 0. The lowest BCUT2D eigenvalue weighted by molar-refractivity contribution is -0.133. The Kier molecular flexibility index (Phi) is 3.85. The molecule has 1 amide bonds. The molecule has 1 aliphatic carbocycles. The number of rotatable bonds is 3. The molecule has 1 aromatic heterocycles. The molecule has 5 nitrogen and oxygen atoms in total. The summed E-state index contributed by atoms with van der Waals surface area (Å²) in [5, 5.41) is 4.00. The van der Waals surface area contributed by atoms with Crippen LogP contribution in [0.3, 0.4) is 0 Å². The maximum atomic E-state index is 12.4. The summed E-state index contributed by atoms with van der Waals surface area (Å²) in [6.07, 6.45) is 9.29. The number of allylic oxidation sites excluding steroid dienone is 2. The highest BCUT2D eigenvalue weighted by atomic mass is 16.5. The molecule has 0 N–H and O–H groups in total. The third kappa shape index (κ3) is 2.92. The van der Waals surface area contributed by atoms with Gasteiger partial charge >= 0.3 is 0 Å². The van der Waals surface area contributed by atoms with Crippen LogP contribution in [0.15, 0.2) is 16.7 Å². The van der Waals surface area contributed by atoms with Crippen LogP contribution in [0.4, 0.5) is 0 Å². The van der Waals surface area contributed by atoms with Gasteiger partial charge in [-0.15, -0.1) is 0 Å². The average Bonchev–Trinajstić information content (AvgIpc) is 3.10. The maximum absolute atomic E-state index is 12.4. The predicted molar refractivity (Wildman–Crippen MR) is 74.1 cm³/mol. The molecule has 0 saturated carbocycles. The lowest BCUT2D eigenvalue weighted by Crippen LogP contribution is -2.39. The van der Waals surface area contributed by atoms with Crippen molar-refractivity contribution in [2.24, 2.45) is 5.92 Å². The number of hydrogen-bond acceptors (Lipinski definition) is 4. The second-order valence-electron chi connectivity index (χ2n) is 5.82. The van der Waals surface area contributed by atoms with Gasteiger partial charge in [0.15, 0.2) is 5.82 Å². The Morgan fingerprint density at radius 1 is 1.50 bits per heavy atom. The van der Waals surface area contributed by atoms with Crippen LogP contribution >= 0.6 is 0 Å². The van der Waals surface area contributed by atoms with E-state index in [1.165, 1.54) is 0 Å². The van der Waals surface area contributed by atoms with Crippen molar-refractivity contribution >= 4 is 5.91 Å². The van der Waals surface area contributed by atoms with Gasteiger partial charge in [-0.3, -0.25) is 4.79 Å². The molecular formula is C15H21N3O2. The minimum Gasteiger partial charge on any atom is -0.342 e. The van der Waals surface area contributed by atoms with Gasteiger partial charge in [-0.05, 0) is 31.6 Å². The third-order valence-corrected chi connectivity index (χ3v) is 4.23. The Bertz CT molecular complexity index is 509. The quantitative estimate of drug-likeness (QED) is 0.795. The number of carbonyl (C=O) groups excluding carboxylic acids is 1. The van der Waals surface area contributed by atoms with Crippen LogP contribution in [0.5, 0.6) is 0 Å². The molecule has 1 aliphatic heterocycles. The summed E-state index contributed by atoms with van der Waals surface area (Å²) in [7, 11) is 0. The van der Waals surface area contributed by atoms with Crippen LogP contribution in [0, 0.1) is 12.8 Å². The number of likely N-dealkylation sites (tertiary alicyclic amines) is 1. The average molecular weight is 275 g/mol. The molecule has 20 heavy (non-hydrogen) atoms. The second kappa shape index (κ2) is 5.77. The van der Waals surface area contributed by atoms with Crippen molar-refractivity contribution in [2.75, 3.05) is 13.1 Å². The molecule has 2 heterocycles. The van der Waals surface area contributed by atoms with Gasteiger partial charge in [0.2, 0.25) is 11.8 Å². The van der Waals surface area contributed by atoms with Crippen molar-refractivity contribution in [1.29, 1.82) is 0 Å². The van der Waals surface area contributed by atoms with Gasteiger partial charge in [-0.2, -0.15) is 4.98 Å². The summed E-state index contributed by atoms with van der Waals surface area (Å²) in [5.74, 6) is 2.28. The summed E-state index contributed by atoms with van der Waals surface area (Å²) in [6, 6.07) is 0. The smallest absolute Gasteiger partial charge is 0.223 e. The monoisotopic (exact) mass is 275 g/mol. The highest BCUT2D eigenvalue weighted by Gasteiger charge is 2.28. The molecule has 5 heteroatoms. The molecular weight excluding hydrogens is 254 g/mol. The second-order valence-corrected chi connectivity index (χ2v) is 5.82. The first-order chi connectivity index (χ1) is 9.72. The van der Waals surface area contributed by atoms with E-state index < -0.39 is 0 Å². The van der Waals surface area contributed by atoms with Crippen molar-refractivity contribution in [1.82, 2.24) is 15.0 Å². The van der Waals surface area contributed by atoms with Gasteiger partial charge in [0.25, 0.3) is 0 Å². The number of carbonyl (C=O) groups is 1. The van der Waals surface area contributed by atoms with Crippen molar-refractivity contribution in [3.05, 3.63) is 23.9 Å². The first-order valence-electron chi connectivity index (χ1n) is 7.47. The summed E-state index contributed by atoms with van der Waals surface area (Å²) in [4.78, 5) is 18.6. The summed E-state index contributed by atoms with van der Waals surface area (Å²) in [6.45, 7) is 3.39. The molecule has 0 unspecified atom stereocenters. The van der Waals surface area contributed by atoms with Crippen molar-refractivity contribution in [3.63, 3.8) is 0 Å². The molecule has 108 valence electrons. The highest BCUT2D eigenvalue weighted by molar-refractivity contribution is 5.77. The first kappa shape index (κ1) is 13.3. The fraction of sp³-hybridized carbons (Fsp3) is 0.667. The zero-order chi connectivity index (χ0) is 13.9. The van der Waals surface area contributed by atoms with Gasteiger partial charge < -0.3 is 9.42 Å². The van der Waals surface area contributed by atoms with Gasteiger partial charge in [0, 0.05) is 32.4 Å². The van der Waals surface area contributed by atoms with E-state index in [1.807, 2.05) is 4.90 Å². The molecule has 0 spiro atoms. The van der Waals surface area contributed by atoms with Crippen LogP contribution in [-0.4, -0.2) is 34.0 Å². The Labute approximate surface area is 119 Å². The highest BCUT2D eigenvalue weighted by Crippen LogP contribution is 2.27.